The van der Waals surface area contributed by atoms with Gasteiger partial charge in [-0.3, -0.25) is 9.78 Å². The van der Waals surface area contributed by atoms with E-state index in [0.717, 1.165) is 31.7 Å². The summed E-state index contributed by atoms with van der Waals surface area (Å²) in [6.45, 7) is 3.89. The number of rotatable bonds is 1. The van der Waals surface area contributed by atoms with Gasteiger partial charge in [0, 0.05) is 31.0 Å². The lowest BCUT2D eigenvalue weighted by Gasteiger charge is -2.41. The van der Waals surface area contributed by atoms with Gasteiger partial charge in [0.25, 0.3) is 5.91 Å². The van der Waals surface area contributed by atoms with Crippen LogP contribution in [0.5, 0.6) is 0 Å². The Morgan fingerprint density at radius 3 is 2.53 bits per heavy atom. The minimum Gasteiger partial charge on any atom is -0.338 e. The lowest BCUT2D eigenvalue weighted by Crippen LogP contribution is -2.52. The zero-order chi connectivity index (χ0) is 11.7. The van der Waals surface area contributed by atoms with Crippen LogP contribution in [0.3, 0.4) is 0 Å². The average Bonchev–Trinajstić information content (AvgIpc) is 2.38. The number of nitrogens with one attached hydrogen (secondary N) is 1. The van der Waals surface area contributed by atoms with Crippen LogP contribution in [0.4, 0.5) is 0 Å². The standard InChI is InChI=1S/C13H17N3O/c17-13(12-1-3-14-4-2-12)16-8-10-5-11(9-16)7-15-6-10/h1-4,10-11,15H,5-9H2/t10-,11+. The van der Waals surface area contributed by atoms with Crippen molar-refractivity contribution in [3.8, 4) is 0 Å². The predicted octanol–water partition coefficient (Wildman–Crippen LogP) is 0.763. The normalized spacial score (nSPS) is 27.9. The Morgan fingerprint density at radius 1 is 1.24 bits per heavy atom. The molecule has 0 saturated carbocycles. The van der Waals surface area contributed by atoms with Crippen LogP contribution in [0, 0.1) is 11.8 Å². The molecule has 1 aromatic heterocycles. The summed E-state index contributed by atoms with van der Waals surface area (Å²) in [6.07, 6.45) is 4.63. The van der Waals surface area contributed by atoms with E-state index in [1.807, 2.05) is 4.90 Å². The molecule has 1 aromatic rings. The average molecular weight is 231 g/mol. The molecular formula is C13H17N3O. The fraction of sp³-hybridized carbons (Fsp3) is 0.538. The molecule has 0 radical (unpaired) electrons. The van der Waals surface area contributed by atoms with E-state index in [2.05, 4.69) is 10.3 Å². The SMILES string of the molecule is O=C(c1ccncc1)N1C[C@@H]2CNC[C@@H](C2)C1. The summed E-state index contributed by atoms with van der Waals surface area (Å²) < 4.78 is 0. The third-order valence-corrected chi connectivity index (χ3v) is 3.70. The minimum absolute atomic E-state index is 0.156. The maximum Gasteiger partial charge on any atom is 0.253 e. The number of pyridine rings is 1. The van der Waals surface area contributed by atoms with Crippen molar-refractivity contribution in [2.75, 3.05) is 26.2 Å². The second kappa shape index (κ2) is 4.45. The van der Waals surface area contributed by atoms with E-state index in [1.165, 1.54) is 6.42 Å². The molecule has 4 heteroatoms. The topological polar surface area (TPSA) is 45.2 Å². The van der Waals surface area contributed by atoms with Crippen molar-refractivity contribution < 1.29 is 4.79 Å². The van der Waals surface area contributed by atoms with Gasteiger partial charge in [0.15, 0.2) is 0 Å². The molecule has 90 valence electrons. The van der Waals surface area contributed by atoms with Crippen LogP contribution in [0.2, 0.25) is 0 Å². The van der Waals surface area contributed by atoms with Gasteiger partial charge in [-0.15, -0.1) is 0 Å². The van der Waals surface area contributed by atoms with Gasteiger partial charge in [0.1, 0.15) is 0 Å². The Bertz CT molecular complexity index is 394. The molecule has 0 unspecified atom stereocenters. The number of carbonyl (C=O) groups excluding carboxylic acids is 1. The quantitative estimate of drug-likeness (QED) is 0.776. The highest BCUT2D eigenvalue weighted by atomic mass is 16.2. The second-order valence-corrected chi connectivity index (χ2v) is 5.07. The molecule has 2 fully saturated rings. The van der Waals surface area contributed by atoms with E-state index in [-0.39, 0.29) is 5.91 Å². The van der Waals surface area contributed by atoms with Crippen molar-refractivity contribution in [3.05, 3.63) is 30.1 Å². The molecular weight excluding hydrogens is 214 g/mol. The number of likely N-dealkylation sites (tertiary alicyclic amines) is 1. The second-order valence-electron chi connectivity index (χ2n) is 5.07. The molecule has 1 N–H and O–H groups in total. The molecule has 2 aliphatic rings. The molecule has 1 amide bonds. The Morgan fingerprint density at radius 2 is 1.88 bits per heavy atom. The fourth-order valence-corrected chi connectivity index (χ4v) is 2.95. The smallest absolute Gasteiger partial charge is 0.253 e. The van der Waals surface area contributed by atoms with Gasteiger partial charge in [-0.05, 0) is 43.5 Å². The highest BCUT2D eigenvalue weighted by Gasteiger charge is 2.32. The van der Waals surface area contributed by atoms with Gasteiger partial charge >= 0.3 is 0 Å². The Kier molecular flexibility index (Phi) is 2.81. The van der Waals surface area contributed by atoms with Crippen LogP contribution < -0.4 is 5.32 Å². The first-order valence-corrected chi connectivity index (χ1v) is 6.23. The summed E-state index contributed by atoms with van der Waals surface area (Å²) in [7, 11) is 0. The lowest BCUT2D eigenvalue weighted by molar-refractivity contribution is 0.0537. The first-order chi connectivity index (χ1) is 8.33. The van der Waals surface area contributed by atoms with Gasteiger partial charge in [-0.1, -0.05) is 0 Å². The van der Waals surface area contributed by atoms with Gasteiger partial charge in [0.05, 0.1) is 0 Å². The first kappa shape index (κ1) is 10.7. The highest BCUT2D eigenvalue weighted by molar-refractivity contribution is 5.94. The van der Waals surface area contributed by atoms with E-state index < -0.39 is 0 Å². The minimum atomic E-state index is 0.156. The molecule has 4 nitrogen and oxygen atoms in total. The highest BCUT2D eigenvalue weighted by Crippen LogP contribution is 2.25. The van der Waals surface area contributed by atoms with Gasteiger partial charge in [-0.2, -0.15) is 0 Å². The van der Waals surface area contributed by atoms with Crippen LogP contribution >= 0.6 is 0 Å². The summed E-state index contributed by atoms with van der Waals surface area (Å²) in [5.41, 5.74) is 0.757. The monoisotopic (exact) mass is 231 g/mol. The molecule has 2 atom stereocenters. The van der Waals surface area contributed by atoms with E-state index in [4.69, 9.17) is 0 Å². The fourth-order valence-electron chi connectivity index (χ4n) is 2.95. The van der Waals surface area contributed by atoms with Crippen LogP contribution in [0.25, 0.3) is 0 Å². The third-order valence-electron chi connectivity index (χ3n) is 3.70. The van der Waals surface area contributed by atoms with Crippen molar-refractivity contribution in [1.29, 1.82) is 0 Å². The number of piperidine rings is 2. The molecule has 0 aromatic carbocycles. The van der Waals surface area contributed by atoms with Crippen LogP contribution in [0.1, 0.15) is 16.8 Å². The van der Waals surface area contributed by atoms with Gasteiger partial charge in [-0.25, -0.2) is 0 Å². The molecule has 0 spiro atoms. The third kappa shape index (κ3) is 2.17. The maximum absolute atomic E-state index is 12.3. The number of fused-ring (bicyclic) bond motifs is 2. The van der Waals surface area contributed by atoms with Crippen LogP contribution in [-0.2, 0) is 0 Å². The number of nitrogens with zero attached hydrogens (tertiary/aromatic N) is 2. The maximum atomic E-state index is 12.3. The number of aromatic nitrogens is 1. The zero-order valence-corrected chi connectivity index (χ0v) is 9.80. The largest absolute Gasteiger partial charge is 0.338 e. The van der Waals surface area contributed by atoms with Crippen molar-refractivity contribution in [2.45, 2.75) is 6.42 Å². The number of hydrogen-bond donors (Lipinski definition) is 1. The zero-order valence-electron chi connectivity index (χ0n) is 9.80. The molecule has 2 bridgehead atoms. The lowest BCUT2D eigenvalue weighted by atomic mass is 9.85. The Labute approximate surface area is 101 Å². The molecule has 2 saturated heterocycles. The summed E-state index contributed by atoms with van der Waals surface area (Å²) in [6, 6.07) is 3.59. The Balaban J connectivity index is 1.74. The predicted molar refractivity (Wildman–Crippen MR) is 64.6 cm³/mol. The Hall–Kier alpha value is -1.42. The van der Waals surface area contributed by atoms with Crippen LogP contribution in [0.15, 0.2) is 24.5 Å². The van der Waals surface area contributed by atoms with Crippen LogP contribution in [-0.4, -0.2) is 42.0 Å². The summed E-state index contributed by atoms with van der Waals surface area (Å²) in [5.74, 6) is 1.42. The molecule has 3 rings (SSSR count). The van der Waals surface area contributed by atoms with Crippen molar-refractivity contribution in [2.24, 2.45) is 11.8 Å². The molecule has 17 heavy (non-hydrogen) atoms. The van der Waals surface area contributed by atoms with Crippen molar-refractivity contribution in [1.82, 2.24) is 15.2 Å². The van der Waals surface area contributed by atoms with Crippen molar-refractivity contribution >= 4 is 5.91 Å². The van der Waals surface area contributed by atoms with E-state index in [0.29, 0.717) is 11.8 Å². The van der Waals surface area contributed by atoms with Crippen molar-refractivity contribution in [3.63, 3.8) is 0 Å². The summed E-state index contributed by atoms with van der Waals surface area (Å²) in [5, 5.41) is 3.44. The summed E-state index contributed by atoms with van der Waals surface area (Å²) in [4.78, 5) is 18.3. The van der Waals surface area contributed by atoms with E-state index >= 15 is 0 Å². The molecule has 3 heterocycles. The van der Waals surface area contributed by atoms with Gasteiger partial charge < -0.3 is 10.2 Å². The molecule has 0 aliphatic carbocycles. The number of hydrogen-bond acceptors (Lipinski definition) is 3. The first-order valence-electron chi connectivity index (χ1n) is 6.23. The van der Waals surface area contributed by atoms with E-state index in [1.54, 1.807) is 24.5 Å². The summed E-state index contributed by atoms with van der Waals surface area (Å²) >= 11 is 0. The molecule has 2 aliphatic heterocycles. The number of carbonyl (C=O) groups is 1. The van der Waals surface area contributed by atoms with E-state index in [9.17, 15) is 4.79 Å². The number of amides is 1. The van der Waals surface area contributed by atoms with Gasteiger partial charge in [0.2, 0.25) is 0 Å².